The molecule has 1 rings (SSSR count). The summed E-state index contributed by atoms with van der Waals surface area (Å²) in [5.41, 5.74) is 0.267. The number of rotatable bonds is 2. The number of nitrogens with zero attached hydrogens (tertiary/aromatic N) is 1. The zero-order chi connectivity index (χ0) is 8.97. The average Bonchev–Trinajstić information content (AvgIpc) is 2.17. The topological polar surface area (TPSA) is 71.5 Å². The van der Waals surface area contributed by atoms with Gasteiger partial charge < -0.3 is 0 Å². The summed E-state index contributed by atoms with van der Waals surface area (Å²) in [5, 5.41) is 22.8. The molecule has 1 aromatic rings. The van der Waals surface area contributed by atoms with Crippen molar-refractivity contribution in [2.45, 2.75) is 0 Å². The van der Waals surface area contributed by atoms with Crippen LogP contribution in [0.25, 0.3) is 0 Å². The van der Waals surface area contributed by atoms with Crippen LogP contribution in [0.1, 0.15) is 5.56 Å². The van der Waals surface area contributed by atoms with Crippen LogP contribution >= 0.6 is 0 Å². The third-order valence-electron chi connectivity index (χ3n) is 1.42. The van der Waals surface area contributed by atoms with Crippen molar-refractivity contribution in [1.29, 1.82) is 16.1 Å². The van der Waals surface area contributed by atoms with Crippen molar-refractivity contribution in [2.75, 3.05) is 0 Å². The number of nitrogens with one attached hydrogen (secondary N) is 2. The molecule has 1 aromatic carbocycles. The fraction of sp³-hybridized carbons (Fsp3) is 0. The van der Waals surface area contributed by atoms with Gasteiger partial charge in [-0.2, -0.15) is 5.26 Å². The Hall–Kier alpha value is -1.95. The first-order chi connectivity index (χ1) is 5.75. The molecule has 0 aliphatic heterocycles. The molecule has 0 saturated heterocycles. The second-order valence-corrected chi connectivity index (χ2v) is 2.23. The second-order valence-electron chi connectivity index (χ2n) is 2.23. The van der Waals surface area contributed by atoms with Crippen LogP contribution in [0.5, 0.6) is 0 Å². The maximum Gasteiger partial charge on any atom is 0.157 e. The minimum Gasteiger partial charge on any atom is -0.297 e. The molecule has 0 radical (unpaired) electrons. The lowest BCUT2D eigenvalue weighted by Crippen LogP contribution is -2.10. The van der Waals surface area contributed by atoms with Gasteiger partial charge in [0.05, 0.1) is 5.71 Å². The molecule has 0 aliphatic carbocycles. The highest BCUT2D eigenvalue weighted by Gasteiger charge is 2.04. The zero-order valence-corrected chi connectivity index (χ0v) is 6.33. The van der Waals surface area contributed by atoms with Crippen molar-refractivity contribution >= 4 is 11.4 Å². The van der Waals surface area contributed by atoms with E-state index in [-0.39, 0.29) is 11.4 Å². The van der Waals surface area contributed by atoms with Crippen LogP contribution in [-0.2, 0) is 0 Å². The van der Waals surface area contributed by atoms with E-state index in [2.05, 4.69) is 0 Å². The lowest BCUT2D eigenvalue weighted by molar-refractivity contribution is 1.46. The highest BCUT2D eigenvalue weighted by atomic mass is 14.5. The van der Waals surface area contributed by atoms with Gasteiger partial charge in [0.1, 0.15) is 6.07 Å². The molecule has 0 atom stereocenters. The molecule has 3 heteroatoms. The normalized spacial score (nSPS) is 8.58. The zero-order valence-electron chi connectivity index (χ0n) is 6.33. The number of hydrogen-bond acceptors (Lipinski definition) is 3. The highest BCUT2D eigenvalue weighted by Crippen LogP contribution is 1.99. The van der Waals surface area contributed by atoms with Gasteiger partial charge in [0.25, 0.3) is 0 Å². The van der Waals surface area contributed by atoms with E-state index in [4.69, 9.17) is 16.1 Å². The molecular formula is C9H7N3. The highest BCUT2D eigenvalue weighted by molar-refractivity contribution is 6.51. The van der Waals surface area contributed by atoms with Crippen LogP contribution < -0.4 is 0 Å². The molecule has 0 unspecified atom stereocenters. The molecule has 12 heavy (non-hydrogen) atoms. The van der Waals surface area contributed by atoms with E-state index in [1.807, 2.05) is 6.07 Å². The van der Waals surface area contributed by atoms with Crippen LogP contribution in [0, 0.1) is 22.1 Å². The molecule has 58 valence electrons. The van der Waals surface area contributed by atoms with Crippen molar-refractivity contribution in [2.24, 2.45) is 0 Å². The summed E-state index contributed by atoms with van der Waals surface area (Å²) in [6, 6.07) is 10.4. The first-order valence-corrected chi connectivity index (χ1v) is 3.38. The van der Waals surface area contributed by atoms with Crippen molar-refractivity contribution in [3.05, 3.63) is 35.9 Å². The van der Waals surface area contributed by atoms with Gasteiger partial charge in [-0.1, -0.05) is 30.3 Å². The van der Waals surface area contributed by atoms with Crippen LogP contribution in [0.2, 0.25) is 0 Å². The molecule has 0 saturated carbocycles. The maximum atomic E-state index is 8.35. The van der Waals surface area contributed by atoms with Crippen LogP contribution in [0.15, 0.2) is 30.3 Å². The van der Waals surface area contributed by atoms with Crippen molar-refractivity contribution in [1.82, 2.24) is 0 Å². The Balaban J connectivity index is 2.96. The van der Waals surface area contributed by atoms with Gasteiger partial charge in [0, 0.05) is 5.56 Å². The molecule has 0 spiro atoms. The minimum absolute atomic E-state index is 0.0295. The monoisotopic (exact) mass is 157 g/mol. The molecule has 2 N–H and O–H groups in total. The van der Waals surface area contributed by atoms with Crippen LogP contribution in [0.4, 0.5) is 0 Å². The third-order valence-corrected chi connectivity index (χ3v) is 1.42. The Morgan fingerprint density at radius 1 is 1.17 bits per heavy atom. The van der Waals surface area contributed by atoms with Gasteiger partial charge in [0.2, 0.25) is 0 Å². The standard InChI is InChI=1S/C9H7N3/c10-6-8(11)9(12)7-4-2-1-3-5-7/h1-5,11-12H. The Kier molecular flexibility index (Phi) is 2.34. The maximum absolute atomic E-state index is 8.35. The molecule has 0 bridgehead atoms. The number of nitriles is 1. The minimum atomic E-state index is -0.304. The first kappa shape index (κ1) is 8.15. The predicted molar refractivity (Wildman–Crippen MR) is 46.6 cm³/mol. The number of hydrogen-bond donors (Lipinski definition) is 2. The van der Waals surface area contributed by atoms with Crippen LogP contribution in [0.3, 0.4) is 0 Å². The molecule has 0 heterocycles. The van der Waals surface area contributed by atoms with Gasteiger partial charge in [-0.05, 0) is 0 Å². The average molecular weight is 157 g/mol. The lowest BCUT2D eigenvalue weighted by Gasteiger charge is -1.97. The summed E-state index contributed by atoms with van der Waals surface area (Å²) < 4.78 is 0. The molecule has 0 aliphatic rings. The van der Waals surface area contributed by atoms with E-state index in [9.17, 15) is 0 Å². The molecule has 0 amide bonds. The fourth-order valence-electron chi connectivity index (χ4n) is 0.805. The Morgan fingerprint density at radius 2 is 1.75 bits per heavy atom. The van der Waals surface area contributed by atoms with Gasteiger partial charge in [0.15, 0.2) is 5.71 Å². The predicted octanol–water partition coefficient (Wildman–Crippen LogP) is 1.60. The van der Waals surface area contributed by atoms with Gasteiger partial charge >= 0.3 is 0 Å². The first-order valence-electron chi connectivity index (χ1n) is 3.38. The largest absolute Gasteiger partial charge is 0.297 e. The van der Waals surface area contributed by atoms with Crippen molar-refractivity contribution in [3.63, 3.8) is 0 Å². The fourth-order valence-corrected chi connectivity index (χ4v) is 0.805. The van der Waals surface area contributed by atoms with E-state index >= 15 is 0 Å². The smallest absolute Gasteiger partial charge is 0.157 e. The van der Waals surface area contributed by atoms with E-state index in [1.165, 1.54) is 0 Å². The SMILES string of the molecule is N#CC(=N)C(=N)c1ccccc1. The Morgan fingerprint density at radius 3 is 2.25 bits per heavy atom. The number of benzene rings is 1. The summed E-state index contributed by atoms with van der Waals surface area (Å²) in [4.78, 5) is 0. The second kappa shape index (κ2) is 3.44. The van der Waals surface area contributed by atoms with E-state index in [0.717, 1.165) is 0 Å². The molecular weight excluding hydrogens is 150 g/mol. The summed E-state index contributed by atoms with van der Waals surface area (Å²) in [7, 11) is 0. The lowest BCUT2D eigenvalue weighted by atomic mass is 10.1. The van der Waals surface area contributed by atoms with E-state index in [0.29, 0.717) is 5.56 Å². The van der Waals surface area contributed by atoms with Gasteiger partial charge in [-0.15, -0.1) is 0 Å². The Labute approximate surface area is 70.3 Å². The van der Waals surface area contributed by atoms with Gasteiger partial charge in [-0.3, -0.25) is 10.8 Å². The van der Waals surface area contributed by atoms with Crippen molar-refractivity contribution < 1.29 is 0 Å². The third kappa shape index (κ3) is 1.55. The molecule has 0 aromatic heterocycles. The summed E-state index contributed by atoms with van der Waals surface area (Å²) in [5.74, 6) is 0. The van der Waals surface area contributed by atoms with Crippen LogP contribution in [-0.4, -0.2) is 11.4 Å². The van der Waals surface area contributed by atoms with E-state index < -0.39 is 0 Å². The molecule has 3 nitrogen and oxygen atoms in total. The van der Waals surface area contributed by atoms with Gasteiger partial charge in [-0.25, -0.2) is 0 Å². The summed E-state index contributed by atoms with van der Waals surface area (Å²) >= 11 is 0. The van der Waals surface area contributed by atoms with Crippen molar-refractivity contribution in [3.8, 4) is 6.07 Å². The van der Waals surface area contributed by atoms with E-state index in [1.54, 1.807) is 30.3 Å². The quantitative estimate of drug-likeness (QED) is 0.629. The Bertz CT molecular complexity index is 346. The summed E-state index contributed by atoms with van der Waals surface area (Å²) in [6.07, 6.45) is 0. The molecule has 0 fully saturated rings. The summed E-state index contributed by atoms with van der Waals surface area (Å²) in [6.45, 7) is 0.